The monoisotopic (exact) mass is 315 g/mol. The Morgan fingerprint density at radius 1 is 1.26 bits per heavy atom. The smallest absolute Gasteiger partial charge is 0.272 e. The summed E-state index contributed by atoms with van der Waals surface area (Å²) < 4.78 is 1.71. The summed E-state index contributed by atoms with van der Waals surface area (Å²) in [5, 5.41) is 17.4. The SMILES string of the molecule is CC(C)c1cccc(C(=O)N2CC(n3cc(C(C)O)nn3)C2)n1. The van der Waals surface area contributed by atoms with Gasteiger partial charge in [0.25, 0.3) is 5.91 Å². The lowest BCUT2D eigenvalue weighted by Crippen LogP contribution is -2.51. The summed E-state index contributed by atoms with van der Waals surface area (Å²) in [5.41, 5.74) is 1.95. The summed E-state index contributed by atoms with van der Waals surface area (Å²) in [4.78, 5) is 18.7. The lowest BCUT2D eigenvalue weighted by Gasteiger charge is -2.38. The number of rotatable bonds is 4. The van der Waals surface area contributed by atoms with E-state index in [1.807, 2.05) is 12.1 Å². The van der Waals surface area contributed by atoms with Crippen molar-refractivity contribution in [3.05, 3.63) is 41.5 Å². The molecule has 122 valence electrons. The molecule has 0 spiro atoms. The van der Waals surface area contributed by atoms with Gasteiger partial charge in [0.15, 0.2) is 0 Å². The maximum atomic E-state index is 12.5. The van der Waals surface area contributed by atoms with Crippen LogP contribution in [0.2, 0.25) is 0 Å². The van der Waals surface area contributed by atoms with Crippen LogP contribution in [0.5, 0.6) is 0 Å². The van der Waals surface area contributed by atoms with E-state index in [-0.39, 0.29) is 11.9 Å². The number of aromatic nitrogens is 4. The molecule has 1 fully saturated rings. The van der Waals surface area contributed by atoms with Crippen molar-refractivity contribution in [1.29, 1.82) is 0 Å². The van der Waals surface area contributed by atoms with Gasteiger partial charge in [0.05, 0.1) is 18.3 Å². The van der Waals surface area contributed by atoms with Gasteiger partial charge in [0.1, 0.15) is 11.4 Å². The van der Waals surface area contributed by atoms with Crippen LogP contribution < -0.4 is 0 Å². The van der Waals surface area contributed by atoms with E-state index in [1.54, 1.807) is 28.8 Å². The quantitative estimate of drug-likeness (QED) is 0.925. The predicted octanol–water partition coefficient (Wildman–Crippen LogP) is 1.55. The Labute approximate surface area is 134 Å². The van der Waals surface area contributed by atoms with Crippen molar-refractivity contribution < 1.29 is 9.90 Å². The highest BCUT2D eigenvalue weighted by molar-refractivity contribution is 5.92. The standard InChI is InChI=1S/C16H21N5O2/c1-10(2)13-5-4-6-14(17-13)16(23)20-7-12(8-20)21-9-15(11(3)22)18-19-21/h4-6,9-12,22H,7-8H2,1-3H3. The van der Waals surface area contributed by atoms with Crippen LogP contribution in [0.1, 0.15) is 60.7 Å². The van der Waals surface area contributed by atoms with Gasteiger partial charge in [-0.25, -0.2) is 9.67 Å². The summed E-state index contributed by atoms with van der Waals surface area (Å²) in [5.74, 6) is 0.237. The number of hydrogen-bond acceptors (Lipinski definition) is 5. The van der Waals surface area contributed by atoms with Crippen LogP contribution in [0.15, 0.2) is 24.4 Å². The molecule has 0 radical (unpaired) electrons. The Bertz CT molecular complexity index is 704. The average Bonchev–Trinajstić information content (AvgIpc) is 2.95. The fraction of sp³-hybridized carbons (Fsp3) is 0.500. The van der Waals surface area contributed by atoms with Crippen molar-refractivity contribution in [1.82, 2.24) is 24.9 Å². The van der Waals surface area contributed by atoms with E-state index in [0.29, 0.717) is 30.4 Å². The molecule has 1 atom stereocenters. The van der Waals surface area contributed by atoms with Crippen LogP contribution in [0.25, 0.3) is 0 Å². The van der Waals surface area contributed by atoms with Crippen LogP contribution in [0.4, 0.5) is 0 Å². The number of aliphatic hydroxyl groups is 1. The summed E-state index contributed by atoms with van der Waals surface area (Å²) in [7, 11) is 0. The van der Waals surface area contributed by atoms with Gasteiger partial charge in [0.2, 0.25) is 0 Å². The minimum Gasteiger partial charge on any atom is -0.387 e. The molecule has 0 bridgehead atoms. The Morgan fingerprint density at radius 2 is 2.00 bits per heavy atom. The summed E-state index contributed by atoms with van der Waals surface area (Å²) >= 11 is 0. The van der Waals surface area contributed by atoms with E-state index in [1.165, 1.54) is 0 Å². The van der Waals surface area contributed by atoms with E-state index >= 15 is 0 Å². The van der Waals surface area contributed by atoms with Crippen LogP contribution in [0, 0.1) is 0 Å². The zero-order valence-electron chi connectivity index (χ0n) is 13.5. The van der Waals surface area contributed by atoms with Crippen LogP contribution in [0.3, 0.4) is 0 Å². The molecule has 2 aromatic rings. The average molecular weight is 315 g/mol. The van der Waals surface area contributed by atoms with E-state index < -0.39 is 6.10 Å². The Balaban J connectivity index is 1.64. The number of carbonyl (C=O) groups is 1. The van der Waals surface area contributed by atoms with Gasteiger partial charge in [0, 0.05) is 18.8 Å². The lowest BCUT2D eigenvalue weighted by atomic mass is 10.1. The first-order valence-electron chi connectivity index (χ1n) is 7.81. The highest BCUT2D eigenvalue weighted by Gasteiger charge is 2.34. The highest BCUT2D eigenvalue weighted by Crippen LogP contribution is 2.23. The molecule has 0 saturated carbocycles. The van der Waals surface area contributed by atoms with E-state index in [4.69, 9.17) is 0 Å². The second-order valence-electron chi connectivity index (χ2n) is 6.27. The molecule has 1 aliphatic rings. The van der Waals surface area contributed by atoms with Gasteiger partial charge in [-0.05, 0) is 25.0 Å². The van der Waals surface area contributed by atoms with Gasteiger partial charge < -0.3 is 10.0 Å². The number of nitrogens with zero attached hydrogens (tertiary/aromatic N) is 5. The molecular formula is C16H21N5O2. The fourth-order valence-corrected chi connectivity index (χ4v) is 2.50. The molecule has 3 heterocycles. The third-order valence-corrected chi connectivity index (χ3v) is 4.06. The second-order valence-corrected chi connectivity index (χ2v) is 6.27. The normalized spacial score (nSPS) is 16.5. The minimum atomic E-state index is -0.635. The zero-order valence-corrected chi connectivity index (χ0v) is 13.5. The third kappa shape index (κ3) is 3.10. The number of likely N-dealkylation sites (tertiary alicyclic amines) is 1. The molecule has 1 aliphatic heterocycles. The Hall–Kier alpha value is -2.28. The maximum absolute atomic E-state index is 12.5. The molecular weight excluding hydrogens is 294 g/mol. The second kappa shape index (κ2) is 6.08. The van der Waals surface area contributed by atoms with Crippen molar-refractivity contribution in [2.75, 3.05) is 13.1 Å². The number of carbonyl (C=O) groups excluding carboxylic acids is 1. The van der Waals surface area contributed by atoms with Gasteiger partial charge in [-0.1, -0.05) is 25.1 Å². The molecule has 0 aliphatic carbocycles. The number of pyridine rings is 1. The van der Waals surface area contributed by atoms with E-state index in [0.717, 1.165) is 5.69 Å². The van der Waals surface area contributed by atoms with Gasteiger partial charge in [-0.3, -0.25) is 4.79 Å². The maximum Gasteiger partial charge on any atom is 0.272 e. The first kappa shape index (κ1) is 15.6. The van der Waals surface area contributed by atoms with Gasteiger partial charge >= 0.3 is 0 Å². The molecule has 1 saturated heterocycles. The molecule has 7 heteroatoms. The molecule has 1 amide bonds. The summed E-state index contributed by atoms with van der Waals surface area (Å²) in [6.45, 7) is 6.92. The van der Waals surface area contributed by atoms with Crippen LogP contribution in [-0.2, 0) is 0 Å². The number of hydrogen-bond donors (Lipinski definition) is 1. The molecule has 1 unspecified atom stereocenters. The van der Waals surface area contributed by atoms with Crippen molar-refractivity contribution in [3.8, 4) is 0 Å². The Kier molecular flexibility index (Phi) is 4.12. The first-order valence-corrected chi connectivity index (χ1v) is 7.81. The van der Waals surface area contributed by atoms with Gasteiger partial charge in [-0.15, -0.1) is 5.10 Å². The molecule has 3 rings (SSSR count). The van der Waals surface area contributed by atoms with Crippen molar-refractivity contribution in [3.63, 3.8) is 0 Å². The van der Waals surface area contributed by atoms with Gasteiger partial charge in [-0.2, -0.15) is 0 Å². The van der Waals surface area contributed by atoms with Crippen molar-refractivity contribution in [2.24, 2.45) is 0 Å². The van der Waals surface area contributed by atoms with Crippen molar-refractivity contribution in [2.45, 2.75) is 38.8 Å². The van der Waals surface area contributed by atoms with E-state index in [2.05, 4.69) is 29.1 Å². The molecule has 0 aromatic carbocycles. The van der Waals surface area contributed by atoms with E-state index in [9.17, 15) is 9.90 Å². The minimum absolute atomic E-state index is 0.0559. The highest BCUT2D eigenvalue weighted by atomic mass is 16.3. The molecule has 23 heavy (non-hydrogen) atoms. The van der Waals surface area contributed by atoms with Crippen LogP contribution in [-0.4, -0.2) is 49.0 Å². The van der Waals surface area contributed by atoms with Crippen LogP contribution >= 0.6 is 0 Å². The number of aliphatic hydroxyl groups excluding tert-OH is 1. The Morgan fingerprint density at radius 3 is 2.61 bits per heavy atom. The molecule has 2 aromatic heterocycles. The summed E-state index contributed by atoms with van der Waals surface area (Å²) in [6.07, 6.45) is 1.10. The first-order chi connectivity index (χ1) is 11.0. The van der Waals surface area contributed by atoms with Crippen molar-refractivity contribution >= 4 is 5.91 Å². The molecule has 7 nitrogen and oxygen atoms in total. The molecule has 1 N–H and O–H groups in total. The topological polar surface area (TPSA) is 84.1 Å². The lowest BCUT2D eigenvalue weighted by molar-refractivity contribution is 0.0492. The third-order valence-electron chi connectivity index (χ3n) is 4.06. The largest absolute Gasteiger partial charge is 0.387 e. The predicted molar refractivity (Wildman–Crippen MR) is 83.9 cm³/mol. The zero-order chi connectivity index (χ0) is 16.6. The fourth-order valence-electron chi connectivity index (χ4n) is 2.50. The number of amides is 1. The summed E-state index contributed by atoms with van der Waals surface area (Å²) in [6, 6.07) is 5.67.